The molecular formula is C24H32N6O2. The Kier molecular flexibility index (Phi) is 7.52. The van der Waals surface area contributed by atoms with Crippen LogP contribution in [0.25, 0.3) is 0 Å². The molecule has 3 rings (SSSR count). The smallest absolute Gasteiger partial charge is 0.407 e. The lowest BCUT2D eigenvalue weighted by molar-refractivity contribution is 0.0509. The first-order chi connectivity index (χ1) is 15.3. The van der Waals surface area contributed by atoms with Crippen LogP contribution in [0.3, 0.4) is 0 Å². The molecule has 32 heavy (non-hydrogen) atoms. The normalized spacial score (nSPS) is 15.8. The first kappa shape index (κ1) is 23.3. The third-order valence-electron chi connectivity index (χ3n) is 5.03. The summed E-state index contributed by atoms with van der Waals surface area (Å²) in [6, 6.07) is 11.4. The average molecular weight is 437 g/mol. The van der Waals surface area contributed by atoms with Gasteiger partial charge in [0.1, 0.15) is 11.4 Å². The molecule has 1 aliphatic heterocycles. The first-order valence-electron chi connectivity index (χ1n) is 11.2. The molecular weight excluding hydrogens is 404 g/mol. The summed E-state index contributed by atoms with van der Waals surface area (Å²) >= 11 is 0. The Morgan fingerprint density at radius 2 is 2.12 bits per heavy atom. The van der Waals surface area contributed by atoms with Crippen molar-refractivity contribution >= 4 is 23.5 Å². The maximum Gasteiger partial charge on any atom is 0.407 e. The topological polar surface area (TPSA) is 103 Å². The number of hydrogen-bond acceptors (Lipinski definition) is 7. The van der Waals surface area contributed by atoms with Crippen molar-refractivity contribution in [2.45, 2.75) is 65.0 Å². The fraction of sp³-hybridized carbons (Fsp3) is 0.500. The summed E-state index contributed by atoms with van der Waals surface area (Å²) in [6.45, 7) is 9.16. The number of carbonyl (C=O) groups is 1. The lowest BCUT2D eigenvalue weighted by atomic mass is 10.2. The van der Waals surface area contributed by atoms with Gasteiger partial charge in [0.15, 0.2) is 0 Å². The van der Waals surface area contributed by atoms with Gasteiger partial charge >= 0.3 is 6.09 Å². The largest absolute Gasteiger partial charge is 0.444 e. The first-order valence-corrected chi connectivity index (χ1v) is 11.2. The molecule has 2 heterocycles. The van der Waals surface area contributed by atoms with Crippen molar-refractivity contribution in [3.8, 4) is 6.07 Å². The van der Waals surface area contributed by atoms with E-state index in [2.05, 4.69) is 33.5 Å². The van der Waals surface area contributed by atoms with Gasteiger partial charge in [-0.2, -0.15) is 10.2 Å². The van der Waals surface area contributed by atoms with Crippen LogP contribution in [0.1, 0.15) is 58.2 Å². The number of alkyl carbamates (subject to hydrolysis) is 1. The average Bonchev–Trinajstić information content (AvgIpc) is 3.19. The van der Waals surface area contributed by atoms with Crippen molar-refractivity contribution in [3.05, 3.63) is 41.6 Å². The molecule has 8 nitrogen and oxygen atoms in total. The molecule has 1 aliphatic rings. The van der Waals surface area contributed by atoms with Gasteiger partial charge in [-0.05, 0) is 58.2 Å². The molecule has 2 N–H and O–H groups in total. The summed E-state index contributed by atoms with van der Waals surface area (Å²) in [7, 11) is 0. The number of aryl methyl sites for hydroxylation is 1. The van der Waals surface area contributed by atoms with Crippen LogP contribution in [0.15, 0.2) is 30.3 Å². The number of benzene rings is 1. The fourth-order valence-electron chi connectivity index (χ4n) is 3.54. The molecule has 1 aromatic carbocycles. The molecule has 1 atom stereocenters. The van der Waals surface area contributed by atoms with Gasteiger partial charge in [0, 0.05) is 30.5 Å². The Balaban J connectivity index is 1.74. The molecule has 170 valence electrons. The molecule has 0 aliphatic carbocycles. The molecule has 1 saturated heterocycles. The highest BCUT2D eigenvalue weighted by atomic mass is 16.6. The second kappa shape index (κ2) is 10.3. The van der Waals surface area contributed by atoms with Crippen LogP contribution >= 0.6 is 0 Å². The molecule has 0 spiro atoms. The predicted molar refractivity (Wildman–Crippen MR) is 125 cm³/mol. The molecule has 0 saturated carbocycles. The number of nitrogens with one attached hydrogen (secondary N) is 2. The molecule has 1 aromatic heterocycles. The number of unbranched alkanes of at least 4 members (excludes halogenated alkanes) is 1. The highest BCUT2D eigenvalue weighted by molar-refractivity contribution is 5.68. The summed E-state index contributed by atoms with van der Waals surface area (Å²) in [5, 5.41) is 15.3. The van der Waals surface area contributed by atoms with Crippen molar-refractivity contribution in [1.82, 2.24) is 15.3 Å². The Morgan fingerprint density at radius 3 is 2.84 bits per heavy atom. The minimum Gasteiger partial charge on any atom is -0.444 e. The Hall–Kier alpha value is -3.34. The van der Waals surface area contributed by atoms with Crippen LogP contribution in [-0.2, 0) is 11.2 Å². The van der Waals surface area contributed by atoms with Crippen molar-refractivity contribution < 1.29 is 9.53 Å². The van der Waals surface area contributed by atoms with E-state index in [1.165, 1.54) is 0 Å². The maximum atomic E-state index is 12.1. The van der Waals surface area contributed by atoms with Gasteiger partial charge in [-0.3, -0.25) is 0 Å². The van der Waals surface area contributed by atoms with Crippen molar-refractivity contribution in [2.75, 3.05) is 23.3 Å². The van der Waals surface area contributed by atoms with Crippen LogP contribution in [0.5, 0.6) is 0 Å². The van der Waals surface area contributed by atoms with Crippen LogP contribution in [0.2, 0.25) is 0 Å². The number of hydrogen-bond donors (Lipinski definition) is 2. The zero-order valence-electron chi connectivity index (χ0n) is 19.3. The SMILES string of the molecule is CCCCc1cc(N2CC[C@H](NC(=O)OC(C)(C)C)C2)nc(Nc2cccc(C#N)c2)n1. The number of ether oxygens (including phenoxy) is 1. The summed E-state index contributed by atoms with van der Waals surface area (Å²) in [4.78, 5) is 23.7. The number of nitrogens with zero attached hydrogens (tertiary/aromatic N) is 4. The number of nitriles is 1. The minimum absolute atomic E-state index is 0.00243. The fourth-order valence-corrected chi connectivity index (χ4v) is 3.54. The third kappa shape index (κ3) is 6.84. The highest BCUT2D eigenvalue weighted by Crippen LogP contribution is 2.23. The Bertz CT molecular complexity index is 979. The van der Waals surface area contributed by atoms with E-state index in [-0.39, 0.29) is 6.04 Å². The number of amides is 1. The van der Waals surface area contributed by atoms with Crippen LogP contribution in [-0.4, -0.2) is 40.8 Å². The highest BCUT2D eigenvalue weighted by Gasteiger charge is 2.27. The third-order valence-corrected chi connectivity index (χ3v) is 5.03. The molecule has 1 amide bonds. The maximum absolute atomic E-state index is 12.1. The lowest BCUT2D eigenvalue weighted by Gasteiger charge is -2.22. The molecule has 0 radical (unpaired) electrons. The second-order valence-corrected chi connectivity index (χ2v) is 9.04. The van der Waals surface area contributed by atoms with E-state index >= 15 is 0 Å². The van der Waals surface area contributed by atoms with Gasteiger partial charge in [-0.1, -0.05) is 19.4 Å². The zero-order chi connectivity index (χ0) is 23.1. The number of carbonyl (C=O) groups excluding carboxylic acids is 1. The summed E-state index contributed by atoms with van der Waals surface area (Å²) in [5.74, 6) is 1.34. The molecule has 1 fully saturated rings. The molecule has 0 bridgehead atoms. The van der Waals surface area contributed by atoms with E-state index in [9.17, 15) is 4.79 Å². The van der Waals surface area contributed by atoms with Gasteiger partial charge in [0.2, 0.25) is 5.95 Å². The van der Waals surface area contributed by atoms with Gasteiger partial charge in [-0.25, -0.2) is 9.78 Å². The molecule has 2 aromatic rings. The summed E-state index contributed by atoms with van der Waals surface area (Å²) in [5.41, 5.74) is 1.80. The molecule has 8 heteroatoms. The standard InChI is InChI=1S/C24H32N6O2/c1-5-6-9-19-14-21(29-22(27-19)26-18-10-7-8-17(13-18)15-25)30-12-11-20(16-30)28-23(31)32-24(2,3)4/h7-8,10,13-14,20H,5-6,9,11-12,16H2,1-4H3,(H,28,31)(H,26,27,29)/t20-/m0/s1. The Morgan fingerprint density at radius 1 is 1.31 bits per heavy atom. The van der Waals surface area contributed by atoms with E-state index in [1.54, 1.807) is 12.1 Å². The number of anilines is 3. The van der Waals surface area contributed by atoms with E-state index < -0.39 is 11.7 Å². The van der Waals surface area contributed by atoms with Gasteiger partial charge in [0.05, 0.1) is 17.7 Å². The van der Waals surface area contributed by atoms with Gasteiger partial charge in [0.25, 0.3) is 0 Å². The number of rotatable bonds is 7. The summed E-state index contributed by atoms with van der Waals surface area (Å²) in [6.07, 6.45) is 3.42. The van der Waals surface area contributed by atoms with Crippen molar-refractivity contribution in [3.63, 3.8) is 0 Å². The molecule has 0 unspecified atom stereocenters. The predicted octanol–water partition coefficient (Wildman–Crippen LogP) is 4.54. The van der Waals surface area contributed by atoms with E-state index in [1.807, 2.05) is 39.0 Å². The van der Waals surface area contributed by atoms with E-state index in [4.69, 9.17) is 15.0 Å². The summed E-state index contributed by atoms with van der Waals surface area (Å²) < 4.78 is 5.38. The second-order valence-electron chi connectivity index (χ2n) is 9.04. The lowest BCUT2D eigenvalue weighted by Crippen LogP contribution is -2.40. The van der Waals surface area contributed by atoms with E-state index in [0.29, 0.717) is 18.1 Å². The van der Waals surface area contributed by atoms with E-state index in [0.717, 1.165) is 49.4 Å². The van der Waals surface area contributed by atoms with Crippen molar-refractivity contribution in [2.24, 2.45) is 0 Å². The zero-order valence-corrected chi connectivity index (χ0v) is 19.3. The van der Waals surface area contributed by atoms with Crippen LogP contribution in [0, 0.1) is 11.3 Å². The quantitative estimate of drug-likeness (QED) is 0.657. The van der Waals surface area contributed by atoms with Crippen LogP contribution in [0.4, 0.5) is 22.2 Å². The number of aromatic nitrogens is 2. The van der Waals surface area contributed by atoms with Gasteiger partial charge < -0.3 is 20.3 Å². The Labute approximate surface area is 190 Å². The van der Waals surface area contributed by atoms with Crippen molar-refractivity contribution in [1.29, 1.82) is 5.26 Å². The van der Waals surface area contributed by atoms with Gasteiger partial charge in [-0.15, -0.1) is 0 Å². The van der Waals surface area contributed by atoms with Crippen LogP contribution < -0.4 is 15.5 Å². The monoisotopic (exact) mass is 436 g/mol. The minimum atomic E-state index is -0.521.